The summed E-state index contributed by atoms with van der Waals surface area (Å²) in [7, 11) is 0. The SMILES string of the molecule is O=C(NCc1cc(=O)[nH]c2ccccc12)c1cnn(CC2=CN3C=C(C4CC4)C=CC3N2)c1. The second-order valence-corrected chi connectivity index (χ2v) is 8.77. The van der Waals surface area contributed by atoms with E-state index in [-0.39, 0.29) is 24.2 Å². The third kappa shape index (κ3) is 3.95. The maximum Gasteiger partial charge on any atom is 0.254 e. The first-order chi connectivity index (χ1) is 16.1. The lowest BCUT2D eigenvalue weighted by atomic mass is 10.1. The first-order valence-corrected chi connectivity index (χ1v) is 11.2. The summed E-state index contributed by atoms with van der Waals surface area (Å²) in [6.07, 6.45) is 14.8. The Morgan fingerprint density at radius 2 is 2.09 bits per heavy atom. The largest absolute Gasteiger partial charge is 0.362 e. The minimum Gasteiger partial charge on any atom is -0.362 e. The molecule has 1 saturated carbocycles. The molecule has 0 saturated heterocycles. The average molecular weight is 441 g/mol. The third-order valence-electron chi connectivity index (χ3n) is 6.28. The molecular formula is C25H24N6O2. The van der Waals surface area contributed by atoms with Gasteiger partial charge in [-0.05, 0) is 42.0 Å². The number of hydrogen-bond donors (Lipinski definition) is 3. The summed E-state index contributed by atoms with van der Waals surface area (Å²) < 4.78 is 1.75. The molecule has 33 heavy (non-hydrogen) atoms. The molecule has 3 N–H and O–H groups in total. The van der Waals surface area contributed by atoms with Crippen LogP contribution < -0.4 is 16.2 Å². The molecule has 1 amide bonds. The van der Waals surface area contributed by atoms with E-state index in [9.17, 15) is 9.59 Å². The zero-order chi connectivity index (χ0) is 22.4. The summed E-state index contributed by atoms with van der Waals surface area (Å²) in [6.45, 7) is 0.819. The number of rotatable bonds is 6. The number of aromatic amines is 1. The van der Waals surface area contributed by atoms with Crippen molar-refractivity contribution in [2.75, 3.05) is 0 Å². The number of carbonyl (C=O) groups excluding carboxylic acids is 1. The van der Waals surface area contributed by atoms with Crippen LogP contribution in [-0.4, -0.2) is 31.7 Å². The Balaban J connectivity index is 1.11. The number of aromatic nitrogens is 3. The molecule has 3 aliphatic rings. The van der Waals surface area contributed by atoms with Crippen molar-refractivity contribution in [2.24, 2.45) is 5.92 Å². The van der Waals surface area contributed by atoms with E-state index < -0.39 is 0 Å². The van der Waals surface area contributed by atoms with Crippen LogP contribution in [0.25, 0.3) is 10.9 Å². The number of H-pyrrole nitrogens is 1. The van der Waals surface area contributed by atoms with E-state index in [0.717, 1.165) is 28.1 Å². The van der Waals surface area contributed by atoms with Gasteiger partial charge in [0.25, 0.3) is 5.91 Å². The number of allylic oxidation sites excluding steroid dienone is 3. The monoisotopic (exact) mass is 440 g/mol. The van der Waals surface area contributed by atoms with Crippen molar-refractivity contribution in [1.29, 1.82) is 0 Å². The maximum atomic E-state index is 12.7. The molecular weight excluding hydrogens is 416 g/mol. The van der Waals surface area contributed by atoms with Crippen molar-refractivity contribution in [1.82, 2.24) is 30.3 Å². The van der Waals surface area contributed by atoms with Crippen LogP contribution in [0.1, 0.15) is 28.8 Å². The second-order valence-electron chi connectivity index (χ2n) is 8.77. The van der Waals surface area contributed by atoms with Gasteiger partial charge in [-0.2, -0.15) is 5.10 Å². The van der Waals surface area contributed by atoms with Gasteiger partial charge < -0.3 is 20.5 Å². The Bertz CT molecular complexity index is 1390. The van der Waals surface area contributed by atoms with Crippen molar-refractivity contribution < 1.29 is 4.79 Å². The van der Waals surface area contributed by atoms with Crippen molar-refractivity contribution >= 4 is 16.8 Å². The zero-order valence-electron chi connectivity index (χ0n) is 18.0. The van der Waals surface area contributed by atoms with Gasteiger partial charge in [0.2, 0.25) is 5.56 Å². The minimum atomic E-state index is -0.226. The number of para-hydroxylation sites is 1. The molecule has 0 spiro atoms. The molecule has 2 aliphatic heterocycles. The summed E-state index contributed by atoms with van der Waals surface area (Å²) >= 11 is 0. The Labute approximate surface area is 190 Å². The molecule has 1 aliphatic carbocycles. The highest BCUT2D eigenvalue weighted by Gasteiger charge is 2.30. The standard InChI is InChI=1S/C25H24N6O2/c32-24-9-18(21-3-1-2-4-22(21)29-24)10-26-25(33)19-11-27-31(13-19)15-20-14-30-12-17(16-5-6-16)7-8-23(30)28-20/h1-4,7-9,11-14,16,23,28H,5-6,10,15H2,(H,26,33)(H,29,32). The fourth-order valence-corrected chi connectivity index (χ4v) is 4.43. The Morgan fingerprint density at radius 3 is 2.97 bits per heavy atom. The van der Waals surface area contributed by atoms with Gasteiger partial charge in [0, 0.05) is 42.1 Å². The number of hydrogen-bond acceptors (Lipinski definition) is 5. The van der Waals surface area contributed by atoms with Gasteiger partial charge in [0.15, 0.2) is 0 Å². The lowest BCUT2D eigenvalue weighted by Crippen LogP contribution is -2.33. The smallest absolute Gasteiger partial charge is 0.254 e. The molecule has 1 aromatic carbocycles. The molecule has 4 heterocycles. The summed E-state index contributed by atoms with van der Waals surface area (Å²) in [5.41, 5.74) is 4.27. The summed E-state index contributed by atoms with van der Waals surface area (Å²) in [5.74, 6) is 0.496. The van der Waals surface area contributed by atoms with Crippen LogP contribution in [0, 0.1) is 5.92 Å². The second kappa shape index (κ2) is 7.81. The topological polar surface area (TPSA) is 95.0 Å². The fourth-order valence-electron chi connectivity index (χ4n) is 4.43. The molecule has 0 radical (unpaired) electrons. The number of pyridine rings is 1. The summed E-state index contributed by atoms with van der Waals surface area (Å²) in [5, 5.41) is 11.7. The predicted octanol–water partition coefficient (Wildman–Crippen LogP) is 2.59. The minimum absolute atomic E-state index is 0.143. The number of nitrogens with one attached hydrogen (secondary N) is 3. The van der Waals surface area contributed by atoms with Crippen molar-refractivity contribution in [3.8, 4) is 0 Å². The van der Waals surface area contributed by atoms with Crippen molar-refractivity contribution in [3.05, 3.63) is 100 Å². The third-order valence-corrected chi connectivity index (χ3v) is 6.28. The van der Waals surface area contributed by atoms with Gasteiger partial charge in [-0.15, -0.1) is 0 Å². The van der Waals surface area contributed by atoms with E-state index in [4.69, 9.17) is 0 Å². The first kappa shape index (κ1) is 19.6. The van der Waals surface area contributed by atoms with Crippen LogP contribution in [0.3, 0.4) is 0 Å². The van der Waals surface area contributed by atoms with E-state index in [2.05, 4.69) is 50.2 Å². The normalized spacial score (nSPS) is 19.2. The molecule has 1 atom stereocenters. The van der Waals surface area contributed by atoms with Crippen molar-refractivity contribution in [2.45, 2.75) is 32.1 Å². The van der Waals surface area contributed by atoms with Gasteiger partial charge in [-0.1, -0.05) is 24.3 Å². The van der Waals surface area contributed by atoms with Crippen LogP contribution in [0.2, 0.25) is 0 Å². The molecule has 1 fully saturated rings. The van der Waals surface area contributed by atoms with Gasteiger partial charge in [-0.3, -0.25) is 14.3 Å². The fraction of sp³-hybridized carbons (Fsp3) is 0.240. The summed E-state index contributed by atoms with van der Waals surface area (Å²) in [4.78, 5) is 29.6. The Hall–Kier alpha value is -4.07. The van der Waals surface area contributed by atoms with Crippen LogP contribution in [0.5, 0.6) is 0 Å². The quantitative estimate of drug-likeness (QED) is 0.548. The number of fused-ring (bicyclic) bond motifs is 2. The van der Waals surface area contributed by atoms with E-state index >= 15 is 0 Å². The number of benzene rings is 1. The van der Waals surface area contributed by atoms with Crippen LogP contribution in [-0.2, 0) is 13.1 Å². The highest BCUT2D eigenvalue weighted by atomic mass is 16.1. The van der Waals surface area contributed by atoms with Crippen molar-refractivity contribution in [3.63, 3.8) is 0 Å². The van der Waals surface area contributed by atoms with Crippen LogP contribution >= 0.6 is 0 Å². The van der Waals surface area contributed by atoms with E-state index in [1.54, 1.807) is 17.1 Å². The van der Waals surface area contributed by atoms with Gasteiger partial charge in [0.05, 0.1) is 24.0 Å². The Kier molecular flexibility index (Phi) is 4.64. The predicted molar refractivity (Wildman–Crippen MR) is 125 cm³/mol. The molecule has 0 bridgehead atoms. The Morgan fingerprint density at radius 1 is 1.21 bits per heavy atom. The van der Waals surface area contributed by atoms with E-state index in [0.29, 0.717) is 12.1 Å². The lowest BCUT2D eigenvalue weighted by molar-refractivity contribution is 0.0951. The number of nitrogens with zero attached hydrogens (tertiary/aromatic N) is 3. The highest BCUT2D eigenvalue weighted by molar-refractivity contribution is 5.94. The van der Waals surface area contributed by atoms with Crippen LogP contribution in [0.4, 0.5) is 0 Å². The van der Waals surface area contributed by atoms with Gasteiger partial charge >= 0.3 is 0 Å². The summed E-state index contributed by atoms with van der Waals surface area (Å²) in [6, 6.07) is 9.08. The molecule has 1 unspecified atom stereocenters. The lowest BCUT2D eigenvalue weighted by Gasteiger charge is -2.23. The molecule has 166 valence electrons. The first-order valence-electron chi connectivity index (χ1n) is 11.2. The zero-order valence-corrected chi connectivity index (χ0v) is 18.0. The molecule has 8 heteroatoms. The molecule has 2 aromatic heterocycles. The van der Waals surface area contributed by atoms with Gasteiger partial charge in [0.1, 0.15) is 6.17 Å². The van der Waals surface area contributed by atoms with Crippen LogP contribution in [0.15, 0.2) is 83.3 Å². The number of carbonyl (C=O) groups is 1. The van der Waals surface area contributed by atoms with Gasteiger partial charge in [-0.25, -0.2) is 0 Å². The molecule has 8 nitrogen and oxygen atoms in total. The van der Waals surface area contributed by atoms with E-state index in [1.807, 2.05) is 24.3 Å². The molecule has 3 aromatic rings. The maximum absolute atomic E-state index is 12.7. The number of amides is 1. The highest BCUT2D eigenvalue weighted by Crippen LogP contribution is 2.39. The average Bonchev–Trinajstić information content (AvgIpc) is 3.43. The van der Waals surface area contributed by atoms with E-state index in [1.165, 1.54) is 24.5 Å². The molecule has 6 rings (SSSR count).